The number of carbonyl (C=O) groups excluding carboxylic acids is 3. The van der Waals surface area contributed by atoms with Gasteiger partial charge in [0.15, 0.2) is 0 Å². The summed E-state index contributed by atoms with van der Waals surface area (Å²) in [5, 5.41) is 20.4. The lowest BCUT2D eigenvalue weighted by atomic mass is 9.96. The molecule has 3 amide bonds. The molecule has 0 aliphatic carbocycles. The van der Waals surface area contributed by atoms with Gasteiger partial charge in [-0.25, -0.2) is 4.79 Å². The summed E-state index contributed by atoms with van der Waals surface area (Å²) in [4.78, 5) is 49.4. The van der Waals surface area contributed by atoms with Gasteiger partial charge in [0.2, 0.25) is 17.7 Å². The molecule has 9 nitrogen and oxygen atoms in total. The third kappa shape index (κ3) is 8.14. The summed E-state index contributed by atoms with van der Waals surface area (Å²) in [6.07, 6.45) is 2.49. The molecule has 5 atom stereocenters. The van der Waals surface area contributed by atoms with Crippen LogP contribution < -0.4 is 21.3 Å². The summed E-state index contributed by atoms with van der Waals surface area (Å²) in [5.74, 6) is -2.53. The van der Waals surface area contributed by atoms with E-state index in [-0.39, 0.29) is 36.0 Å². The number of aliphatic carboxylic acids is 1. The number of carboxylic acid groups (broad SMARTS) is 1. The molecule has 1 aliphatic heterocycles. The highest BCUT2D eigenvalue weighted by Gasteiger charge is 2.33. The molecule has 0 aromatic heterocycles. The maximum Gasteiger partial charge on any atom is 0.326 e. The fourth-order valence-electron chi connectivity index (χ4n) is 3.28. The van der Waals surface area contributed by atoms with E-state index in [1.807, 2.05) is 20.8 Å². The zero-order valence-corrected chi connectivity index (χ0v) is 19.1. The van der Waals surface area contributed by atoms with Crippen molar-refractivity contribution in [2.45, 2.75) is 77.5 Å². The zero-order chi connectivity index (χ0) is 22.8. The number of hydrogen-bond donors (Lipinski definition) is 6. The van der Waals surface area contributed by atoms with Crippen molar-refractivity contribution in [2.75, 3.05) is 12.3 Å². The molecule has 172 valence electrons. The molecule has 0 radical (unpaired) electrons. The second-order valence-electron chi connectivity index (χ2n) is 8.29. The minimum Gasteiger partial charge on any atom is -0.480 e. The zero-order valence-electron chi connectivity index (χ0n) is 18.2. The Kier molecular flexibility index (Phi) is 11.2. The lowest BCUT2D eigenvalue weighted by molar-refractivity contribution is -0.143. The highest BCUT2D eigenvalue weighted by molar-refractivity contribution is 7.80. The highest BCUT2D eigenvalue weighted by atomic mass is 32.1. The second kappa shape index (κ2) is 12.8. The van der Waals surface area contributed by atoms with Gasteiger partial charge in [0.05, 0.1) is 6.04 Å². The van der Waals surface area contributed by atoms with E-state index in [1.54, 1.807) is 6.92 Å². The number of thiol groups is 1. The Morgan fingerprint density at radius 2 is 1.73 bits per heavy atom. The lowest BCUT2D eigenvalue weighted by Crippen LogP contribution is -2.59. The van der Waals surface area contributed by atoms with Crippen molar-refractivity contribution in [3.05, 3.63) is 0 Å². The Labute approximate surface area is 183 Å². The number of hydrogen-bond acceptors (Lipinski definition) is 6. The molecule has 0 spiro atoms. The standard InChI is InChI=1S/C20H36N4O5S/c1-5-12(4)16(19(27)22-14(20(28)29)9-11(2)3)24-18(26)15(10-30)23-17(25)13-7-6-8-21-13/h11-16,21,30H,5-10H2,1-4H3,(H,22,27)(H,23,25)(H,24,26)(H,28,29). The third-order valence-corrected chi connectivity index (χ3v) is 5.67. The summed E-state index contributed by atoms with van der Waals surface area (Å²) in [6, 6.07) is -3.18. The fraction of sp³-hybridized carbons (Fsp3) is 0.800. The molecule has 30 heavy (non-hydrogen) atoms. The Balaban J connectivity index is 2.83. The topological polar surface area (TPSA) is 137 Å². The van der Waals surface area contributed by atoms with Gasteiger partial charge < -0.3 is 26.4 Å². The van der Waals surface area contributed by atoms with Gasteiger partial charge in [-0.1, -0.05) is 34.1 Å². The van der Waals surface area contributed by atoms with Crippen LogP contribution in [0.3, 0.4) is 0 Å². The van der Waals surface area contributed by atoms with E-state index in [9.17, 15) is 24.3 Å². The van der Waals surface area contributed by atoms with Crippen molar-refractivity contribution in [3.8, 4) is 0 Å². The Hall–Kier alpha value is -1.81. The molecule has 5 unspecified atom stereocenters. The number of nitrogens with one attached hydrogen (secondary N) is 4. The molecule has 0 aromatic carbocycles. The van der Waals surface area contributed by atoms with Crippen LogP contribution in [0.25, 0.3) is 0 Å². The van der Waals surface area contributed by atoms with E-state index in [4.69, 9.17) is 0 Å². The van der Waals surface area contributed by atoms with Crippen LogP contribution in [0.4, 0.5) is 0 Å². The predicted molar refractivity (Wildman–Crippen MR) is 117 cm³/mol. The molecule has 1 fully saturated rings. The monoisotopic (exact) mass is 444 g/mol. The molecule has 1 saturated heterocycles. The molecule has 10 heteroatoms. The van der Waals surface area contributed by atoms with Crippen LogP contribution in [-0.2, 0) is 19.2 Å². The normalized spacial score (nSPS) is 20.1. The molecule has 0 bridgehead atoms. The van der Waals surface area contributed by atoms with Crippen LogP contribution in [-0.4, -0.2) is 65.3 Å². The predicted octanol–water partition coefficient (Wildman–Crippen LogP) is 0.299. The first-order chi connectivity index (χ1) is 14.1. The summed E-state index contributed by atoms with van der Waals surface area (Å²) in [5.41, 5.74) is 0. The van der Waals surface area contributed by atoms with Crippen molar-refractivity contribution < 1.29 is 24.3 Å². The maximum atomic E-state index is 12.8. The average Bonchev–Trinajstić information content (AvgIpc) is 3.23. The van der Waals surface area contributed by atoms with Crippen LogP contribution in [0.5, 0.6) is 0 Å². The van der Waals surface area contributed by atoms with Crippen LogP contribution in [0.2, 0.25) is 0 Å². The van der Waals surface area contributed by atoms with Gasteiger partial charge in [-0.15, -0.1) is 0 Å². The van der Waals surface area contributed by atoms with E-state index >= 15 is 0 Å². The van der Waals surface area contributed by atoms with Gasteiger partial charge in [-0.3, -0.25) is 14.4 Å². The SMILES string of the molecule is CCC(C)C(NC(=O)C(CS)NC(=O)C1CCCN1)C(=O)NC(CC(C)C)C(=O)O. The number of amides is 3. The number of carbonyl (C=O) groups is 4. The highest BCUT2D eigenvalue weighted by Crippen LogP contribution is 2.11. The van der Waals surface area contributed by atoms with Gasteiger partial charge in [0.25, 0.3) is 0 Å². The molecule has 1 heterocycles. The molecule has 0 aromatic rings. The fourth-order valence-corrected chi connectivity index (χ4v) is 3.54. The van der Waals surface area contributed by atoms with Crippen molar-refractivity contribution >= 4 is 36.3 Å². The smallest absolute Gasteiger partial charge is 0.326 e. The Morgan fingerprint density at radius 3 is 2.20 bits per heavy atom. The second-order valence-corrected chi connectivity index (χ2v) is 8.66. The maximum absolute atomic E-state index is 12.8. The van der Waals surface area contributed by atoms with Crippen LogP contribution in [0, 0.1) is 11.8 Å². The van der Waals surface area contributed by atoms with Crippen molar-refractivity contribution in [1.29, 1.82) is 0 Å². The molecule has 1 rings (SSSR count). The molecule has 0 saturated carbocycles. The van der Waals surface area contributed by atoms with E-state index in [1.165, 1.54) is 0 Å². The first-order valence-electron chi connectivity index (χ1n) is 10.6. The average molecular weight is 445 g/mol. The Morgan fingerprint density at radius 1 is 1.07 bits per heavy atom. The van der Waals surface area contributed by atoms with Crippen molar-refractivity contribution in [1.82, 2.24) is 21.3 Å². The van der Waals surface area contributed by atoms with E-state index in [0.29, 0.717) is 12.8 Å². The minimum atomic E-state index is -1.11. The summed E-state index contributed by atoms with van der Waals surface area (Å²) in [7, 11) is 0. The van der Waals surface area contributed by atoms with Crippen LogP contribution in [0.1, 0.15) is 53.4 Å². The quantitative estimate of drug-likeness (QED) is 0.240. The van der Waals surface area contributed by atoms with E-state index in [0.717, 1.165) is 13.0 Å². The lowest BCUT2D eigenvalue weighted by Gasteiger charge is -2.28. The third-order valence-electron chi connectivity index (χ3n) is 5.31. The van der Waals surface area contributed by atoms with E-state index in [2.05, 4.69) is 33.9 Å². The molecule has 1 aliphatic rings. The largest absolute Gasteiger partial charge is 0.480 e. The number of carboxylic acids is 1. The van der Waals surface area contributed by atoms with Crippen molar-refractivity contribution in [3.63, 3.8) is 0 Å². The molecule has 5 N–H and O–H groups in total. The minimum absolute atomic E-state index is 0.0736. The molecular formula is C20H36N4O5S. The van der Waals surface area contributed by atoms with Gasteiger partial charge in [0, 0.05) is 5.75 Å². The first kappa shape index (κ1) is 26.2. The van der Waals surface area contributed by atoms with Crippen LogP contribution >= 0.6 is 12.6 Å². The van der Waals surface area contributed by atoms with Gasteiger partial charge >= 0.3 is 5.97 Å². The molecular weight excluding hydrogens is 408 g/mol. The Bertz CT molecular complexity index is 610. The summed E-state index contributed by atoms with van der Waals surface area (Å²) in [6.45, 7) is 8.18. The van der Waals surface area contributed by atoms with Gasteiger partial charge in [-0.2, -0.15) is 12.6 Å². The summed E-state index contributed by atoms with van der Waals surface area (Å²) >= 11 is 4.17. The van der Waals surface area contributed by atoms with E-state index < -0.39 is 35.9 Å². The van der Waals surface area contributed by atoms with Crippen LogP contribution in [0.15, 0.2) is 0 Å². The first-order valence-corrected chi connectivity index (χ1v) is 11.2. The summed E-state index contributed by atoms with van der Waals surface area (Å²) < 4.78 is 0. The number of rotatable bonds is 12. The van der Waals surface area contributed by atoms with Gasteiger partial charge in [-0.05, 0) is 37.6 Å². The van der Waals surface area contributed by atoms with Gasteiger partial charge in [0.1, 0.15) is 18.1 Å². The van der Waals surface area contributed by atoms with Crippen molar-refractivity contribution in [2.24, 2.45) is 11.8 Å².